The number of amides is 1. The van der Waals surface area contributed by atoms with Crippen molar-refractivity contribution < 1.29 is 14.5 Å². The van der Waals surface area contributed by atoms with Gasteiger partial charge < -0.3 is 4.74 Å². The van der Waals surface area contributed by atoms with E-state index < -0.39 is 4.92 Å². The summed E-state index contributed by atoms with van der Waals surface area (Å²) < 4.78 is 5.86. The first kappa shape index (κ1) is 22.7. The van der Waals surface area contributed by atoms with Crippen molar-refractivity contribution in [3.05, 3.63) is 142 Å². The minimum Gasteiger partial charge on any atom is -0.489 e. The molecule has 1 aliphatic rings. The van der Waals surface area contributed by atoms with Crippen LogP contribution in [0.15, 0.2) is 120 Å². The maximum Gasteiger partial charge on any atom is 0.281 e. The number of hydrazone groups is 1. The van der Waals surface area contributed by atoms with Crippen molar-refractivity contribution in [2.75, 3.05) is 5.01 Å². The SMILES string of the molecule is O=C1/C(=C\c2ccc(OCc3ccccc3)cc2)C(c2ccccc2)=NN1c1ccc([N+](=O)[O-])cc1. The molecule has 1 heterocycles. The molecule has 0 fully saturated rings. The van der Waals surface area contributed by atoms with Crippen LogP contribution in [0, 0.1) is 10.1 Å². The molecule has 0 bridgehead atoms. The van der Waals surface area contributed by atoms with E-state index in [1.165, 1.54) is 29.3 Å². The third-order valence-corrected chi connectivity index (χ3v) is 5.67. The number of carbonyl (C=O) groups excluding carboxylic acids is 1. The highest BCUT2D eigenvalue weighted by molar-refractivity contribution is 6.37. The van der Waals surface area contributed by atoms with Crippen molar-refractivity contribution in [2.24, 2.45) is 5.10 Å². The average molecular weight is 476 g/mol. The van der Waals surface area contributed by atoms with E-state index in [-0.39, 0.29) is 11.6 Å². The lowest BCUT2D eigenvalue weighted by Gasteiger charge is -2.11. The molecule has 7 nitrogen and oxygen atoms in total. The highest BCUT2D eigenvalue weighted by Gasteiger charge is 2.32. The Balaban J connectivity index is 1.42. The molecule has 0 unspecified atom stereocenters. The number of hydrogen-bond acceptors (Lipinski definition) is 5. The van der Waals surface area contributed by atoms with Gasteiger partial charge in [-0.3, -0.25) is 14.9 Å². The van der Waals surface area contributed by atoms with Crippen molar-refractivity contribution in [3.63, 3.8) is 0 Å². The van der Waals surface area contributed by atoms with Gasteiger partial charge in [0.15, 0.2) is 0 Å². The molecule has 0 spiro atoms. The summed E-state index contributed by atoms with van der Waals surface area (Å²) in [7, 11) is 0. The molecule has 0 saturated heterocycles. The van der Waals surface area contributed by atoms with Gasteiger partial charge in [-0.1, -0.05) is 72.8 Å². The number of rotatable bonds is 7. The first-order valence-corrected chi connectivity index (χ1v) is 11.3. The van der Waals surface area contributed by atoms with Gasteiger partial charge in [-0.15, -0.1) is 0 Å². The number of anilines is 1. The van der Waals surface area contributed by atoms with Gasteiger partial charge in [-0.2, -0.15) is 10.1 Å². The summed E-state index contributed by atoms with van der Waals surface area (Å²) in [5, 5.41) is 16.9. The Bertz CT molecular complexity index is 1450. The summed E-state index contributed by atoms with van der Waals surface area (Å²) >= 11 is 0. The zero-order chi connectivity index (χ0) is 24.9. The van der Waals surface area contributed by atoms with Crippen LogP contribution < -0.4 is 9.75 Å². The molecule has 36 heavy (non-hydrogen) atoms. The Morgan fingerprint density at radius 2 is 1.47 bits per heavy atom. The number of nitrogens with zero attached hydrogens (tertiary/aromatic N) is 3. The van der Waals surface area contributed by atoms with Gasteiger partial charge in [0.1, 0.15) is 18.1 Å². The molecule has 0 aliphatic carbocycles. The predicted molar refractivity (Wildman–Crippen MR) is 139 cm³/mol. The van der Waals surface area contributed by atoms with E-state index in [1.54, 1.807) is 6.08 Å². The molecule has 1 aliphatic heterocycles. The molecule has 4 aromatic rings. The van der Waals surface area contributed by atoms with Crippen LogP contribution in [0.2, 0.25) is 0 Å². The van der Waals surface area contributed by atoms with Crippen molar-refractivity contribution in [1.29, 1.82) is 0 Å². The summed E-state index contributed by atoms with van der Waals surface area (Å²) in [5.74, 6) is 0.412. The topological polar surface area (TPSA) is 85.0 Å². The fraction of sp³-hybridized carbons (Fsp3) is 0.0345. The lowest BCUT2D eigenvalue weighted by molar-refractivity contribution is -0.384. The molecular formula is C29H21N3O4. The maximum absolute atomic E-state index is 13.4. The van der Waals surface area contributed by atoms with Gasteiger partial charge in [0, 0.05) is 17.7 Å². The van der Waals surface area contributed by atoms with Crippen molar-refractivity contribution in [2.45, 2.75) is 6.61 Å². The van der Waals surface area contributed by atoms with Gasteiger partial charge in [-0.25, -0.2) is 0 Å². The smallest absolute Gasteiger partial charge is 0.281 e. The van der Waals surface area contributed by atoms with Crippen LogP contribution in [0.1, 0.15) is 16.7 Å². The quantitative estimate of drug-likeness (QED) is 0.186. The Labute approximate surface area is 207 Å². The first-order valence-electron chi connectivity index (χ1n) is 11.3. The van der Waals surface area contributed by atoms with E-state index in [9.17, 15) is 14.9 Å². The second-order valence-corrected chi connectivity index (χ2v) is 8.11. The predicted octanol–water partition coefficient (Wildman–Crippen LogP) is 6.01. The summed E-state index contributed by atoms with van der Waals surface area (Å²) in [6.07, 6.45) is 1.79. The van der Waals surface area contributed by atoms with Crippen LogP contribution in [0.25, 0.3) is 6.08 Å². The zero-order valence-electron chi connectivity index (χ0n) is 19.2. The normalized spacial score (nSPS) is 14.1. The average Bonchev–Trinajstić information content (AvgIpc) is 3.25. The largest absolute Gasteiger partial charge is 0.489 e. The van der Waals surface area contributed by atoms with Gasteiger partial charge in [0.2, 0.25) is 0 Å². The summed E-state index contributed by atoms with van der Waals surface area (Å²) in [5.41, 5.74) is 4.05. The molecule has 0 N–H and O–H groups in total. The van der Waals surface area contributed by atoms with Crippen LogP contribution in [0.3, 0.4) is 0 Å². The molecule has 0 radical (unpaired) electrons. The Hall–Kier alpha value is -5.04. The van der Waals surface area contributed by atoms with Gasteiger partial charge >= 0.3 is 0 Å². The first-order chi connectivity index (χ1) is 17.6. The zero-order valence-corrected chi connectivity index (χ0v) is 19.2. The third kappa shape index (κ3) is 4.90. The van der Waals surface area contributed by atoms with Crippen molar-refractivity contribution in [1.82, 2.24) is 0 Å². The molecule has 7 heteroatoms. The molecule has 4 aromatic carbocycles. The Kier molecular flexibility index (Phi) is 6.36. The number of benzene rings is 4. The van der Waals surface area contributed by atoms with Crippen molar-refractivity contribution >= 4 is 29.1 Å². The molecule has 176 valence electrons. The number of nitro groups is 1. The minimum absolute atomic E-state index is 0.0528. The fourth-order valence-corrected chi connectivity index (χ4v) is 3.81. The van der Waals surface area contributed by atoms with Gasteiger partial charge in [0.25, 0.3) is 11.6 Å². The highest BCUT2D eigenvalue weighted by Crippen LogP contribution is 2.29. The summed E-state index contributed by atoms with van der Waals surface area (Å²) in [6, 6.07) is 32.6. The molecule has 0 saturated carbocycles. The molecular weight excluding hydrogens is 454 g/mol. The van der Waals surface area contributed by atoms with Crippen LogP contribution in [0.5, 0.6) is 5.75 Å². The van der Waals surface area contributed by atoms with Crippen LogP contribution in [-0.2, 0) is 11.4 Å². The van der Waals surface area contributed by atoms with E-state index in [2.05, 4.69) is 5.10 Å². The van der Waals surface area contributed by atoms with Gasteiger partial charge in [-0.05, 0) is 41.5 Å². The van der Waals surface area contributed by atoms with E-state index in [4.69, 9.17) is 4.74 Å². The fourth-order valence-electron chi connectivity index (χ4n) is 3.81. The maximum atomic E-state index is 13.4. The van der Waals surface area contributed by atoms with E-state index >= 15 is 0 Å². The van der Waals surface area contributed by atoms with E-state index in [0.717, 1.165) is 22.4 Å². The number of non-ortho nitro benzene ring substituents is 1. The number of ether oxygens (including phenoxy) is 1. The van der Waals surface area contributed by atoms with Crippen molar-refractivity contribution in [3.8, 4) is 5.75 Å². The van der Waals surface area contributed by atoms with Crippen LogP contribution >= 0.6 is 0 Å². The monoisotopic (exact) mass is 475 g/mol. The number of hydrogen-bond donors (Lipinski definition) is 0. The lowest BCUT2D eigenvalue weighted by atomic mass is 10.0. The van der Waals surface area contributed by atoms with E-state index in [1.807, 2.05) is 84.9 Å². The molecule has 0 aromatic heterocycles. The molecule has 0 atom stereocenters. The highest BCUT2D eigenvalue weighted by atomic mass is 16.6. The third-order valence-electron chi connectivity index (χ3n) is 5.67. The van der Waals surface area contributed by atoms with Gasteiger partial charge in [0.05, 0.1) is 16.2 Å². The Morgan fingerprint density at radius 1 is 0.833 bits per heavy atom. The Morgan fingerprint density at radius 3 is 2.11 bits per heavy atom. The van der Waals surface area contributed by atoms with Crippen LogP contribution in [-0.4, -0.2) is 16.5 Å². The number of carbonyl (C=O) groups is 1. The number of nitro benzene ring substituents is 1. The molecule has 5 rings (SSSR count). The minimum atomic E-state index is -0.479. The lowest BCUT2D eigenvalue weighted by Crippen LogP contribution is -2.21. The molecule has 1 amide bonds. The second kappa shape index (κ2) is 10.1. The van der Waals surface area contributed by atoms with E-state index in [0.29, 0.717) is 23.6 Å². The summed E-state index contributed by atoms with van der Waals surface area (Å²) in [6.45, 7) is 0.467. The second-order valence-electron chi connectivity index (χ2n) is 8.11. The van der Waals surface area contributed by atoms with Crippen LogP contribution in [0.4, 0.5) is 11.4 Å². The standard InChI is InChI=1S/C29H21N3O4/c33-29-27(19-21-11-17-26(18-12-21)36-20-22-7-3-1-4-8-22)28(23-9-5-2-6-10-23)30-31(29)24-13-15-25(16-14-24)32(34)35/h1-19H,20H2/b27-19-. The summed E-state index contributed by atoms with van der Waals surface area (Å²) in [4.78, 5) is 24.0.